The normalized spacial score (nSPS) is 11.2. The molecule has 0 aliphatic heterocycles. The van der Waals surface area contributed by atoms with E-state index in [-0.39, 0.29) is 43.4 Å². The molecule has 0 atom stereocenters. The van der Waals surface area contributed by atoms with Crippen molar-refractivity contribution in [3.05, 3.63) is 18.2 Å². The summed E-state index contributed by atoms with van der Waals surface area (Å²) in [7, 11) is -10.1. The van der Waals surface area contributed by atoms with Gasteiger partial charge in [-0.1, -0.05) is 0 Å². The zero-order valence-electron chi connectivity index (χ0n) is 9.08. The summed E-state index contributed by atoms with van der Waals surface area (Å²) in [4.78, 5) is -2.22. The van der Waals surface area contributed by atoms with Crippen LogP contribution >= 0.6 is 0 Å². The topological polar surface area (TPSA) is 140 Å². The van der Waals surface area contributed by atoms with Gasteiger partial charge in [0.1, 0.15) is 20.2 Å². The second kappa shape index (κ2) is 6.27. The van der Waals surface area contributed by atoms with Gasteiger partial charge in [-0.15, -0.1) is 0 Å². The van der Waals surface area contributed by atoms with E-state index in [1.807, 2.05) is 0 Å². The maximum absolute atomic E-state index is 10.6. The van der Waals surface area contributed by atoms with Crippen molar-refractivity contribution in [2.24, 2.45) is 0 Å². The van der Waals surface area contributed by atoms with Crippen molar-refractivity contribution in [1.29, 1.82) is 0 Å². The first-order chi connectivity index (χ1) is 6.62. The van der Waals surface area contributed by atoms with Crippen LogP contribution in [0.1, 0.15) is 0 Å². The van der Waals surface area contributed by atoms with Crippen LogP contribution < -0.4 is 43.5 Å². The summed E-state index contributed by atoms with van der Waals surface area (Å²) in [5, 5.41) is 0. The van der Waals surface area contributed by atoms with Crippen LogP contribution in [0.25, 0.3) is 0 Å². The summed E-state index contributed by atoms with van der Waals surface area (Å²) in [5.41, 5.74) is 5.04. The summed E-state index contributed by atoms with van der Waals surface area (Å²) in [6.45, 7) is 0. The van der Waals surface area contributed by atoms with Crippen molar-refractivity contribution in [3.63, 3.8) is 0 Å². The zero-order chi connectivity index (χ0) is 11.9. The Morgan fingerprint density at radius 3 is 1.65 bits per heavy atom. The maximum Gasteiger partial charge on any atom is 1.00 e. The molecule has 0 saturated carbocycles. The molecule has 1 aromatic carbocycles. The fraction of sp³-hybridized carbons (Fsp3) is 0. The molecule has 0 saturated heterocycles. The van der Waals surface area contributed by atoms with Crippen molar-refractivity contribution >= 4 is 25.9 Å². The van der Waals surface area contributed by atoms with Crippen molar-refractivity contribution in [3.8, 4) is 0 Å². The van der Waals surface area contributed by atoms with E-state index in [1.165, 1.54) is 0 Å². The molecule has 0 aliphatic carbocycles. The fourth-order valence-electron chi connectivity index (χ4n) is 0.927. The van der Waals surface area contributed by atoms with Gasteiger partial charge in [0.15, 0.2) is 0 Å². The van der Waals surface area contributed by atoms with E-state index >= 15 is 0 Å². The number of nitrogens with two attached hydrogens (primary N) is 1. The van der Waals surface area contributed by atoms with Gasteiger partial charge in [0.25, 0.3) is 0 Å². The Morgan fingerprint density at radius 1 is 0.882 bits per heavy atom. The van der Waals surface area contributed by atoms with Gasteiger partial charge in [0.05, 0.1) is 9.79 Å². The minimum Gasteiger partial charge on any atom is -0.744 e. The summed E-state index contributed by atoms with van der Waals surface area (Å²) in [6, 6.07) is 2.33. The van der Waals surface area contributed by atoms with Crippen molar-refractivity contribution in [1.82, 2.24) is 0 Å². The molecule has 0 fully saturated rings. The molecule has 0 aromatic heterocycles. The van der Waals surface area contributed by atoms with E-state index in [2.05, 4.69) is 0 Å². The molecule has 0 aliphatic rings. The summed E-state index contributed by atoms with van der Waals surface area (Å²) in [5.74, 6) is 0. The van der Waals surface area contributed by atoms with Crippen molar-refractivity contribution in [2.45, 2.75) is 9.79 Å². The molecule has 84 valence electrons. The van der Waals surface area contributed by atoms with Crippen LogP contribution in [0, 0.1) is 0 Å². The first-order valence-corrected chi connectivity index (χ1v) is 6.25. The van der Waals surface area contributed by atoms with Crippen LogP contribution in [0.3, 0.4) is 0 Å². The van der Waals surface area contributed by atoms with Gasteiger partial charge in [-0.05, 0) is 18.2 Å². The minimum atomic E-state index is -5.05. The Bertz CT molecular complexity index is 597. The number of benzene rings is 1. The molecule has 17 heavy (non-hydrogen) atoms. The number of anilines is 1. The van der Waals surface area contributed by atoms with Gasteiger partial charge in [0, 0.05) is 5.69 Å². The molecule has 0 radical (unpaired) electrons. The van der Waals surface area contributed by atoms with Gasteiger partial charge in [-0.3, -0.25) is 0 Å². The molecule has 0 unspecified atom stereocenters. The molecule has 7 nitrogen and oxygen atoms in total. The Kier molecular flexibility index (Phi) is 7.15. The van der Waals surface area contributed by atoms with Gasteiger partial charge >= 0.3 is 37.7 Å². The smallest absolute Gasteiger partial charge is 0.744 e. The standard InChI is InChI=1S/C6H7NO6S2.2Li/c7-4-1-2-5(14(8,9)10)6(3-4)15(11,12)13;;/h1-3H,7H2,(H,8,9,10)(H,11,12,13);;/q;2*+1/p-2. The van der Waals surface area contributed by atoms with Crippen LogP contribution in [0.2, 0.25) is 0 Å². The molecule has 1 aromatic rings. The second-order valence-corrected chi connectivity index (χ2v) is 5.31. The van der Waals surface area contributed by atoms with Gasteiger partial charge in [-0.2, -0.15) is 0 Å². The average Bonchev–Trinajstić information content (AvgIpc) is 2.00. The van der Waals surface area contributed by atoms with Crippen LogP contribution in [-0.4, -0.2) is 25.9 Å². The molecular weight excluding hydrogens is 260 g/mol. The number of rotatable bonds is 2. The molecule has 0 spiro atoms. The quantitative estimate of drug-likeness (QED) is 0.318. The largest absolute Gasteiger partial charge is 1.00 e. The Morgan fingerprint density at radius 2 is 1.29 bits per heavy atom. The van der Waals surface area contributed by atoms with Crippen LogP contribution in [0.4, 0.5) is 5.69 Å². The molecular formula is C6H5Li2NO6S2. The van der Waals surface area contributed by atoms with E-state index in [4.69, 9.17) is 5.73 Å². The summed E-state index contributed by atoms with van der Waals surface area (Å²) in [6.07, 6.45) is 0. The van der Waals surface area contributed by atoms with E-state index < -0.39 is 30.0 Å². The molecule has 0 amide bonds. The maximum atomic E-state index is 10.6. The first-order valence-electron chi connectivity index (χ1n) is 3.43. The monoisotopic (exact) mass is 265 g/mol. The van der Waals surface area contributed by atoms with Crippen LogP contribution in [0.5, 0.6) is 0 Å². The van der Waals surface area contributed by atoms with Gasteiger partial charge < -0.3 is 14.8 Å². The number of hydrogen-bond donors (Lipinski definition) is 1. The van der Waals surface area contributed by atoms with E-state index in [9.17, 15) is 25.9 Å². The van der Waals surface area contributed by atoms with Crippen molar-refractivity contribution < 1.29 is 63.7 Å². The SMILES string of the molecule is Nc1ccc(S(=O)(=O)[O-])c(S(=O)(=O)[O-])c1.[Li+].[Li+]. The van der Waals surface area contributed by atoms with E-state index in [0.29, 0.717) is 12.1 Å². The predicted octanol–water partition coefficient (Wildman–Crippen LogP) is -6.91. The van der Waals surface area contributed by atoms with Crippen LogP contribution in [0.15, 0.2) is 28.0 Å². The minimum absolute atomic E-state index is 0. The second-order valence-electron chi connectivity index (χ2n) is 2.61. The Balaban J connectivity index is 0. The van der Waals surface area contributed by atoms with Gasteiger partial charge in [-0.25, -0.2) is 16.8 Å². The fourth-order valence-corrected chi connectivity index (χ4v) is 2.67. The summed E-state index contributed by atoms with van der Waals surface area (Å²) < 4.78 is 63.8. The third-order valence-corrected chi connectivity index (χ3v) is 3.41. The van der Waals surface area contributed by atoms with E-state index in [1.54, 1.807) is 0 Å². The first kappa shape index (κ1) is 19.4. The van der Waals surface area contributed by atoms with Crippen molar-refractivity contribution in [2.75, 3.05) is 5.73 Å². The zero-order valence-corrected chi connectivity index (χ0v) is 10.7. The van der Waals surface area contributed by atoms with E-state index in [0.717, 1.165) is 6.07 Å². The van der Waals surface area contributed by atoms with Crippen LogP contribution in [-0.2, 0) is 20.2 Å². The van der Waals surface area contributed by atoms with Gasteiger partial charge in [0.2, 0.25) is 0 Å². The number of nitrogen functional groups attached to an aromatic ring is 1. The number of hydrogen-bond acceptors (Lipinski definition) is 7. The Hall–Kier alpha value is 0.0348. The molecule has 1 rings (SSSR count). The molecule has 11 heteroatoms. The Labute approximate surface area is 123 Å². The molecule has 0 bridgehead atoms. The third kappa shape index (κ3) is 5.04. The molecule has 2 N–H and O–H groups in total. The average molecular weight is 265 g/mol. The molecule has 0 heterocycles. The summed E-state index contributed by atoms with van der Waals surface area (Å²) >= 11 is 0. The third-order valence-electron chi connectivity index (χ3n) is 1.51. The predicted molar refractivity (Wildman–Crippen MR) is 46.8 cm³/mol.